The predicted molar refractivity (Wildman–Crippen MR) is 73.1 cm³/mol. The molecular weight excluding hydrogens is 240 g/mol. The summed E-state index contributed by atoms with van der Waals surface area (Å²) in [4.78, 5) is 25.2. The number of unbranched alkanes of at least 4 members (excludes halogenated alkanes) is 1. The molecule has 2 aliphatic heterocycles. The highest BCUT2D eigenvalue weighted by Gasteiger charge is 2.29. The normalized spacial score (nSPS) is 18.3. The van der Waals surface area contributed by atoms with E-state index in [4.69, 9.17) is 0 Å². The van der Waals surface area contributed by atoms with Crippen LogP contribution in [0.3, 0.4) is 0 Å². The number of nitrogens with zero attached hydrogens (tertiary/aromatic N) is 4. The van der Waals surface area contributed by atoms with Gasteiger partial charge in [0.05, 0.1) is 17.8 Å². The molecule has 102 valence electrons. The molecule has 1 aromatic heterocycles. The van der Waals surface area contributed by atoms with Crippen molar-refractivity contribution in [2.75, 3.05) is 24.5 Å². The van der Waals surface area contributed by atoms with Gasteiger partial charge in [0.1, 0.15) is 0 Å². The fraction of sp³-hybridized carbons (Fsp3) is 0.643. The molecule has 1 aromatic rings. The Hall–Kier alpha value is -1.65. The first kappa shape index (κ1) is 12.4. The third-order valence-corrected chi connectivity index (χ3v) is 3.88. The molecule has 0 aromatic carbocycles. The van der Waals surface area contributed by atoms with Gasteiger partial charge in [0.25, 0.3) is 5.91 Å². The van der Waals surface area contributed by atoms with E-state index in [-0.39, 0.29) is 5.91 Å². The maximum Gasteiger partial charge on any atom is 0.257 e. The van der Waals surface area contributed by atoms with Gasteiger partial charge >= 0.3 is 0 Å². The Kier molecular flexibility index (Phi) is 3.36. The number of aromatic nitrogens is 2. The third kappa shape index (κ3) is 2.29. The molecule has 0 atom stereocenters. The van der Waals surface area contributed by atoms with Crippen molar-refractivity contribution < 1.29 is 4.79 Å². The fourth-order valence-electron chi connectivity index (χ4n) is 2.73. The lowest BCUT2D eigenvalue weighted by Gasteiger charge is -2.15. The lowest BCUT2D eigenvalue weighted by atomic mass is 10.3. The Labute approximate surface area is 113 Å². The number of carbonyl (C=O) groups is 1. The molecule has 0 radical (unpaired) electrons. The molecule has 1 fully saturated rings. The zero-order valence-electron chi connectivity index (χ0n) is 11.4. The van der Waals surface area contributed by atoms with Crippen LogP contribution >= 0.6 is 0 Å². The predicted octanol–water partition coefficient (Wildman–Crippen LogP) is 1.83. The minimum atomic E-state index is 0.0939. The molecule has 3 rings (SSSR count). The van der Waals surface area contributed by atoms with Gasteiger partial charge < -0.3 is 9.80 Å². The van der Waals surface area contributed by atoms with E-state index in [9.17, 15) is 4.79 Å². The number of hydrogen-bond acceptors (Lipinski definition) is 4. The molecule has 0 bridgehead atoms. The first-order valence-corrected chi connectivity index (χ1v) is 7.19. The smallest absolute Gasteiger partial charge is 0.257 e. The van der Waals surface area contributed by atoms with Gasteiger partial charge in [-0.3, -0.25) is 4.79 Å². The average Bonchev–Trinajstić information content (AvgIpc) is 3.05. The molecule has 2 aliphatic rings. The summed E-state index contributed by atoms with van der Waals surface area (Å²) >= 11 is 0. The zero-order chi connectivity index (χ0) is 13.2. The van der Waals surface area contributed by atoms with Crippen LogP contribution < -0.4 is 4.90 Å². The van der Waals surface area contributed by atoms with E-state index >= 15 is 0 Å². The molecule has 0 aliphatic carbocycles. The molecule has 3 heterocycles. The Morgan fingerprint density at radius 1 is 1.32 bits per heavy atom. The van der Waals surface area contributed by atoms with Crippen LogP contribution in [0.25, 0.3) is 0 Å². The minimum absolute atomic E-state index is 0.0939. The number of anilines is 1. The topological polar surface area (TPSA) is 49.3 Å². The second-order valence-electron chi connectivity index (χ2n) is 5.30. The van der Waals surface area contributed by atoms with Gasteiger partial charge in [0, 0.05) is 25.8 Å². The highest BCUT2D eigenvalue weighted by Crippen LogP contribution is 2.24. The quantitative estimate of drug-likeness (QED) is 0.828. The first-order valence-electron chi connectivity index (χ1n) is 7.19. The first-order chi connectivity index (χ1) is 9.29. The molecule has 5 heteroatoms. The second kappa shape index (κ2) is 5.15. The number of carbonyl (C=O) groups excluding carboxylic acids is 1. The SMILES string of the molecule is CCCCN1Cc2nc(N3CCCC3)ncc2C1=O. The van der Waals surface area contributed by atoms with Gasteiger partial charge in [-0.2, -0.15) is 0 Å². The lowest BCUT2D eigenvalue weighted by Crippen LogP contribution is -2.24. The summed E-state index contributed by atoms with van der Waals surface area (Å²) in [6.07, 6.45) is 6.28. The minimum Gasteiger partial charge on any atom is -0.341 e. The van der Waals surface area contributed by atoms with Crippen molar-refractivity contribution in [1.29, 1.82) is 0 Å². The van der Waals surface area contributed by atoms with Crippen molar-refractivity contribution in [3.05, 3.63) is 17.5 Å². The van der Waals surface area contributed by atoms with Gasteiger partial charge in [0.15, 0.2) is 0 Å². The van der Waals surface area contributed by atoms with Crippen LogP contribution in [0.1, 0.15) is 48.7 Å². The average molecular weight is 260 g/mol. The number of fused-ring (bicyclic) bond motifs is 1. The van der Waals surface area contributed by atoms with E-state index in [0.29, 0.717) is 12.1 Å². The third-order valence-electron chi connectivity index (χ3n) is 3.88. The summed E-state index contributed by atoms with van der Waals surface area (Å²) in [6.45, 7) is 5.68. The Morgan fingerprint density at radius 2 is 2.11 bits per heavy atom. The van der Waals surface area contributed by atoms with Gasteiger partial charge in [-0.1, -0.05) is 13.3 Å². The zero-order valence-corrected chi connectivity index (χ0v) is 11.4. The molecule has 1 saturated heterocycles. The lowest BCUT2D eigenvalue weighted by molar-refractivity contribution is 0.0776. The van der Waals surface area contributed by atoms with Gasteiger partial charge in [-0.15, -0.1) is 0 Å². The number of amides is 1. The maximum absolute atomic E-state index is 12.2. The summed E-state index contributed by atoms with van der Waals surface area (Å²) < 4.78 is 0. The van der Waals surface area contributed by atoms with Gasteiger partial charge in [-0.25, -0.2) is 9.97 Å². The highest BCUT2D eigenvalue weighted by molar-refractivity contribution is 5.97. The van der Waals surface area contributed by atoms with Gasteiger partial charge in [-0.05, 0) is 19.3 Å². The summed E-state index contributed by atoms with van der Waals surface area (Å²) in [5.41, 5.74) is 1.59. The molecule has 19 heavy (non-hydrogen) atoms. The van der Waals surface area contributed by atoms with Crippen LogP contribution in [0.4, 0.5) is 5.95 Å². The van der Waals surface area contributed by atoms with Crippen molar-refractivity contribution in [1.82, 2.24) is 14.9 Å². The molecule has 0 saturated carbocycles. The Morgan fingerprint density at radius 3 is 2.84 bits per heavy atom. The van der Waals surface area contributed by atoms with Crippen LogP contribution in [0.5, 0.6) is 0 Å². The Balaban J connectivity index is 1.78. The monoisotopic (exact) mass is 260 g/mol. The molecule has 5 nitrogen and oxygen atoms in total. The van der Waals surface area contributed by atoms with E-state index < -0.39 is 0 Å². The van der Waals surface area contributed by atoms with Crippen LogP contribution in [-0.2, 0) is 6.54 Å². The summed E-state index contributed by atoms with van der Waals surface area (Å²) in [5.74, 6) is 0.887. The Bertz CT molecular complexity index is 482. The van der Waals surface area contributed by atoms with E-state index in [0.717, 1.165) is 44.1 Å². The van der Waals surface area contributed by atoms with Crippen LogP contribution in [0, 0.1) is 0 Å². The van der Waals surface area contributed by atoms with Crippen LogP contribution in [-0.4, -0.2) is 40.4 Å². The van der Waals surface area contributed by atoms with Crippen molar-refractivity contribution in [3.63, 3.8) is 0 Å². The second-order valence-corrected chi connectivity index (χ2v) is 5.30. The van der Waals surface area contributed by atoms with E-state index in [1.54, 1.807) is 6.20 Å². The largest absolute Gasteiger partial charge is 0.341 e. The van der Waals surface area contributed by atoms with Crippen LogP contribution in [0.2, 0.25) is 0 Å². The van der Waals surface area contributed by atoms with E-state index in [2.05, 4.69) is 21.8 Å². The molecule has 0 N–H and O–H groups in total. The molecular formula is C14H20N4O. The number of hydrogen-bond donors (Lipinski definition) is 0. The summed E-state index contributed by atoms with van der Waals surface area (Å²) in [7, 11) is 0. The fourth-order valence-corrected chi connectivity index (χ4v) is 2.73. The van der Waals surface area contributed by atoms with Crippen molar-refractivity contribution >= 4 is 11.9 Å². The summed E-state index contributed by atoms with van der Waals surface area (Å²) in [5, 5.41) is 0. The molecule has 1 amide bonds. The standard InChI is InChI=1S/C14H20N4O/c1-2-3-6-18-10-12-11(13(18)19)9-15-14(16-12)17-7-4-5-8-17/h9H,2-8,10H2,1H3. The highest BCUT2D eigenvalue weighted by atomic mass is 16.2. The molecule has 0 spiro atoms. The van der Waals surface area contributed by atoms with Crippen LogP contribution in [0.15, 0.2) is 6.20 Å². The van der Waals surface area contributed by atoms with Crippen molar-refractivity contribution in [2.24, 2.45) is 0 Å². The number of rotatable bonds is 4. The van der Waals surface area contributed by atoms with Crippen molar-refractivity contribution in [2.45, 2.75) is 39.2 Å². The van der Waals surface area contributed by atoms with E-state index in [1.165, 1.54) is 12.8 Å². The maximum atomic E-state index is 12.2. The molecule has 0 unspecified atom stereocenters. The van der Waals surface area contributed by atoms with Crippen molar-refractivity contribution in [3.8, 4) is 0 Å². The van der Waals surface area contributed by atoms with Gasteiger partial charge in [0.2, 0.25) is 5.95 Å². The summed E-state index contributed by atoms with van der Waals surface area (Å²) in [6, 6.07) is 0. The van der Waals surface area contributed by atoms with E-state index in [1.807, 2.05) is 4.90 Å².